The molecule has 0 spiro atoms. The van der Waals surface area contributed by atoms with Crippen molar-refractivity contribution in [1.82, 2.24) is 4.98 Å². The van der Waals surface area contributed by atoms with Gasteiger partial charge in [0.05, 0.1) is 0 Å². The van der Waals surface area contributed by atoms with Crippen LogP contribution in [0.25, 0.3) is 0 Å². The predicted molar refractivity (Wildman–Crippen MR) is 71.9 cm³/mol. The highest BCUT2D eigenvalue weighted by Gasteiger charge is 2.43. The summed E-state index contributed by atoms with van der Waals surface area (Å²) in [6, 6.07) is 12.4. The number of aromatic nitrogens is 1. The van der Waals surface area contributed by atoms with E-state index in [1.165, 1.54) is 5.56 Å². The topological polar surface area (TPSA) is 61.9 Å². The van der Waals surface area contributed by atoms with Crippen LogP contribution in [-0.4, -0.2) is 11.5 Å². The van der Waals surface area contributed by atoms with E-state index in [-0.39, 0.29) is 0 Å². The Morgan fingerprint density at radius 2 is 2.16 bits per heavy atom. The summed E-state index contributed by atoms with van der Waals surface area (Å²) in [5, 5.41) is 12.1. The van der Waals surface area contributed by atoms with Crippen molar-refractivity contribution < 1.29 is 4.42 Å². The quantitative estimate of drug-likeness (QED) is 0.908. The Hall–Kier alpha value is -2.28. The molecule has 0 unspecified atom stereocenters. The highest BCUT2D eigenvalue weighted by molar-refractivity contribution is 5.46. The first-order valence-corrected chi connectivity index (χ1v) is 6.53. The second-order valence-corrected chi connectivity index (χ2v) is 4.73. The molecule has 1 aliphatic rings. The van der Waals surface area contributed by atoms with Crippen LogP contribution in [0.2, 0.25) is 0 Å². The van der Waals surface area contributed by atoms with Gasteiger partial charge in [0.1, 0.15) is 6.07 Å². The molecule has 0 bridgehead atoms. The van der Waals surface area contributed by atoms with Gasteiger partial charge in [-0.25, -0.2) is 4.98 Å². The van der Waals surface area contributed by atoms with Crippen LogP contribution in [0.15, 0.2) is 34.7 Å². The van der Waals surface area contributed by atoms with Crippen molar-refractivity contribution in [2.45, 2.75) is 25.2 Å². The van der Waals surface area contributed by atoms with E-state index in [0.29, 0.717) is 29.3 Å². The zero-order valence-corrected chi connectivity index (χ0v) is 10.8. The number of benzene rings is 1. The molecular weight excluding hydrogens is 238 g/mol. The first kappa shape index (κ1) is 11.8. The lowest BCUT2D eigenvalue weighted by Crippen LogP contribution is -1.96. The van der Waals surface area contributed by atoms with Gasteiger partial charge in [-0.3, -0.25) is 0 Å². The minimum absolute atomic E-state index is 0.307. The van der Waals surface area contributed by atoms with Gasteiger partial charge in [-0.05, 0) is 24.8 Å². The summed E-state index contributed by atoms with van der Waals surface area (Å²) in [6.07, 6.45) is 1.04. The lowest BCUT2D eigenvalue weighted by Gasteiger charge is -1.97. The van der Waals surface area contributed by atoms with Crippen LogP contribution in [0.4, 0.5) is 5.88 Å². The Kier molecular flexibility index (Phi) is 2.96. The maximum absolute atomic E-state index is 9.03. The standard InChI is InChI=1S/C15H15N3O/c1-2-17-15-13(9-16)18-14(19-15)12-8-11(12)10-6-4-3-5-7-10/h3-7,11-12,17H,2,8H2,1H3/t11-,12-/m1/s1. The Labute approximate surface area is 112 Å². The van der Waals surface area contributed by atoms with Crippen LogP contribution in [-0.2, 0) is 0 Å². The molecule has 0 radical (unpaired) electrons. The first-order valence-electron chi connectivity index (χ1n) is 6.53. The minimum Gasteiger partial charge on any atom is -0.424 e. The number of rotatable bonds is 4. The molecule has 0 saturated heterocycles. The molecule has 96 valence electrons. The molecule has 19 heavy (non-hydrogen) atoms. The fourth-order valence-corrected chi connectivity index (χ4v) is 2.39. The largest absolute Gasteiger partial charge is 0.424 e. The molecule has 2 aromatic rings. The van der Waals surface area contributed by atoms with Gasteiger partial charge in [0.25, 0.3) is 0 Å². The van der Waals surface area contributed by atoms with E-state index in [0.717, 1.165) is 13.0 Å². The third-order valence-corrected chi connectivity index (χ3v) is 3.42. The van der Waals surface area contributed by atoms with Crippen LogP contribution in [0.3, 0.4) is 0 Å². The van der Waals surface area contributed by atoms with Crippen LogP contribution in [0.5, 0.6) is 0 Å². The first-order chi connectivity index (χ1) is 9.33. The van der Waals surface area contributed by atoms with E-state index in [1.54, 1.807) is 0 Å². The molecule has 1 aromatic carbocycles. The summed E-state index contributed by atoms with van der Waals surface area (Å²) in [6.45, 7) is 2.68. The lowest BCUT2D eigenvalue weighted by molar-refractivity contribution is 0.506. The highest BCUT2D eigenvalue weighted by Crippen LogP contribution is 2.54. The molecule has 3 rings (SSSR count). The summed E-state index contributed by atoms with van der Waals surface area (Å²) in [5.74, 6) is 1.96. The molecule has 0 amide bonds. The van der Waals surface area contributed by atoms with Crippen LogP contribution in [0.1, 0.15) is 42.3 Å². The predicted octanol–water partition coefficient (Wildman–Crippen LogP) is 3.25. The van der Waals surface area contributed by atoms with Gasteiger partial charge in [-0.15, -0.1) is 0 Å². The monoisotopic (exact) mass is 253 g/mol. The summed E-state index contributed by atoms with van der Waals surface area (Å²) >= 11 is 0. The number of oxazole rings is 1. The second kappa shape index (κ2) is 4.77. The van der Waals surface area contributed by atoms with E-state index >= 15 is 0 Å². The molecule has 4 heteroatoms. The molecule has 1 N–H and O–H groups in total. The third-order valence-electron chi connectivity index (χ3n) is 3.42. The highest BCUT2D eigenvalue weighted by atomic mass is 16.4. The van der Waals surface area contributed by atoms with E-state index in [2.05, 4.69) is 28.5 Å². The zero-order valence-electron chi connectivity index (χ0n) is 10.8. The number of nitriles is 1. The van der Waals surface area contributed by atoms with Gasteiger partial charge < -0.3 is 9.73 Å². The number of anilines is 1. The van der Waals surface area contributed by atoms with Crippen molar-refractivity contribution in [2.24, 2.45) is 0 Å². The van der Waals surface area contributed by atoms with Crippen molar-refractivity contribution in [1.29, 1.82) is 5.26 Å². The summed E-state index contributed by atoms with van der Waals surface area (Å²) in [5.41, 5.74) is 1.67. The maximum atomic E-state index is 9.03. The van der Waals surface area contributed by atoms with Crippen molar-refractivity contribution in [3.8, 4) is 6.07 Å². The summed E-state index contributed by atoms with van der Waals surface area (Å²) in [7, 11) is 0. The Balaban J connectivity index is 1.80. The fraction of sp³-hybridized carbons (Fsp3) is 0.333. The number of nitrogens with one attached hydrogen (secondary N) is 1. The summed E-state index contributed by atoms with van der Waals surface area (Å²) in [4.78, 5) is 4.29. The number of hydrogen-bond acceptors (Lipinski definition) is 4. The smallest absolute Gasteiger partial charge is 0.232 e. The molecule has 0 aliphatic heterocycles. The van der Waals surface area contributed by atoms with Crippen LogP contribution >= 0.6 is 0 Å². The van der Waals surface area contributed by atoms with E-state index in [9.17, 15) is 0 Å². The Morgan fingerprint density at radius 3 is 2.84 bits per heavy atom. The normalized spacial score (nSPS) is 20.8. The SMILES string of the molecule is CCNc1oc([C@@H]2C[C@@H]2c2ccccc2)nc1C#N. The lowest BCUT2D eigenvalue weighted by atomic mass is 10.1. The number of hydrogen-bond donors (Lipinski definition) is 1. The fourth-order valence-electron chi connectivity index (χ4n) is 2.39. The average Bonchev–Trinajstić information content (AvgIpc) is 3.15. The second-order valence-electron chi connectivity index (χ2n) is 4.73. The van der Waals surface area contributed by atoms with Crippen molar-refractivity contribution >= 4 is 5.88 Å². The van der Waals surface area contributed by atoms with E-state index in [4.69, 9.17) is 9.68 Å². The number of nitrogens with zero attached hydrogens (tertiary/aromatic N) is 2. The maximum Gasteiger partial charge on any atom is 0.232 e. The minimum atomic E-state index is 0.307. The van der Waals surface area contributed by atoms with Crippen LogP contribution < -0.4 is 5.32 Å². The molecule has 1 heterocycles. The molecule has 2 atom stereocenters. The van der Waals surface area contributed by atoms with Crippen molar-refractivity contribution in [3.05, 3.63) is 47.5 Å². The molecule has 1 fully saturated rings. The van der Waals surface area contributed by atoms with Gasteiger partial charge in [0.2, 0.25) is 17.5 Å². The van der Waals surface area contributed by atoms with E-state index in [1.807, 2.05) is 25.1 Å². The van der Waals surface area contributed by atoms with Gasteiger partial charge >= 0.3 is 0 Å². The van der Waals surface area contributed by atoms with Crippen LogP contribution in [0, 0.1) is 11.3 Å². The molecular formula is C15H15N3O. The summed E-state index contributed by atoms with van der Waals surface area (Å²) < 4.78 is 5.68. The Morgan fingerprint density at radius 1 is 1.37 bits per heavy atom. The van der Waals surface area contributed by atoms with Gasteiger partial charge in [-0.2, -0.15) is 5.26 Å². The molecule has 4 nitrogen and oxygen atoms in total. The van der Waals surface area contributed by atoms with E-state index < -0.39 is 0 Å². The van der Waals surface area contributed by atoms with Crippen molar-refractivity contribution in [3.63, 3.8) is 0 Å². The van der Waals surface area contributed by atoms with Gasteiger partial charge in [0, 0.05) is 12.5 Å². The van der Waals surface area contributed by atoms with Gasteiger partial charge in [0.15, 0.2) is 0 Å². The molecule has 1 saturated carbocycles. The third kappa shape index (κ3) is 2.19. The molecule has 1 aromatic heterocycles. The average molecular weight is 253 g/mol. The molecule has 1 aliphatic carbocycles. The Bertz CT molecular complexity index is 612. The zero-order chi connectivity index (χ0) is 13.2. The van der Waals surface area contributed by atoms with Crippen molar-refractivity contribution in [2.75, 3.05) is 11.9 Å². The van der Waals surface area contributed by atoms with Gasteiger partial charge in [-0.1, -0.05) is 30.3 Å².